The number of thiophene rings is 1. The van der Waals surface area contributed by atoms with Gasteiger partial charge >= 0.3 is 0 Å². The number of carbonyl (C=O) groups excluding carboxylic acids is 1. The van der Waals surface area contributed by atoms with Crippen molar-refractivity contribution in [3.63, 3.8) is 0 Å². The zero-order chi connectivity index (χ0) is 14.7. The van der Waals surface area contributed by atoms with Crippen LogP contribution >= 0.6 is 11.3 Å². The average molecular weight is 302 g/mol. The van der Waals surface area contributed by atoms with Gasteiger partial charge in [-0.1, -0.05) is 18.3 Å². The van der Waals surface area contributed by atoms with Gasteiger partial charge in [-0.2, -0.15) is 0 Å². The number of nitrogens with one attached hydrogen (secondary N) is 1. The molecule has 0 spiro atoms. The highest BCUT2D eigenvalue weighted by molar-refractivity contribution is 7.12. The average Bonchev–Trinajstić information content (AvgIpc) is 3.19. The van der Waals surface area contributed by atoms with Crippen LogP contribution in [0.15, 0.2) is 12.1 Å². The summed E-state index contributed by atoms with van der Waals surface area (Å²) in [6, 6.07) is 4.02. The van der Waals surface area contributed by atoms with E-state index in [4.69, 9.17) is 5.73 Å². The van der Waals surface area contributed by atoms with Gasteiger partial charge in [0.05, 0.1) is 18.0 Å². The second-order valence-electron chi connectivity index (χ2n) is 6.19. The fourth-order valence-electron chi connectivity index (χ4n) is 3.80. The first-order valence-corrected chi connectivity index (χ1v) is 8.60. The van der Waals surface area contributed by atoms with E-state index >= 15 is 0 Å². The van der Waals surface area contributed by atoms with Gasteiger partial charge < -0.3 is 11.1 Å². The Morgan fingerprint density at radius 1 is 1.38 bits per heavy atom. The monoisotopic (exact) mass is 302 g/mol. The molecule has 2 aliphatic carbocycles. The lowest BCUT2D eigenvalue weighted by Crippen LogP contribution is -2.26. The number of hydrogen-bond donors (Lipinski definition) is 2. The third-order valence-corrected chi connectivity index (χ3v) is 5.77. The van der Waals surface area contributed by atoms with E-state index in [-0.39, 0.29) is 5.91 Å². The molecule has 2 fully saturated rings. The van der Waals surface area contributed by atoms with Gasteiger partial charge in [0, 0.05) is 11.3 Å². The van der Waals surface area contributed by atoms with Crippen molar-refractivity contribution in [3.8, 4) is 11.8 Å². The van der Waals surface area contributed by atoms with Crippen LogP contribution in [0.5, 0.6) is 0 Å². The summed E-state index contributed by atoms with van der Waals surface area (Å²) in [7, 11) is 0. The fourth-order valence-corrected chi connectivity index (χ4v) is 4.62. The van der Waals surface area contributed by atoms with E-state index in [2.05, 4.69) is 17.2 Å². The van der Waals surface area contributed by atoms with Crippen LogP contribution in [-0.4, -0.2) is 12.5 Å². The van der Waals surface area contributed by atoms with Crippen LogP contribution in [0.1, 0.15) is 41.9 Å². The maximum Gasteiger partial charge on any atom is 0.220 e. The van der Waals surface area contributed by atoms with Crippen LogP contribution in [-0.2, 0) is 11.3 Å². The van der Waals surface area contributed by atoms with Crippen LogP contribution in [0.3, 0.4) is 0 Å². The lowest BCUT2D eigenvalue weighted by molar-refractivity contribution is -0.122. The highest BCUT2D eigenvalue weighted by atomic mass is 32.1. The van der Waals surface area contributed by atoms with E-state index in [1.807, 2.05) is 12.1 Å². The molecule has 1 aromatic heterocycles. The molecule has 0 aliphatic heterocycles. The van der Waals surface area contributed by atoms with Crippen LogP contribution in [0.2, 0.25) is 0 Å². The molecule has 0 radical (unpaired) electrons. The zero-order valence-corrected chi connectivity index (χ0v) is 13.0. The molecular formula is C17H22N2OS. The van der Waals surface area contributed by atoms with Crippen LogP contribution in [0.25, 0.3) is 0 Å². The summed E-state index contributed by atoms with van der Waals surface area (Å²) in [5, 5.41) is 3.05. The van der Waals surface area contributed by atoms with Crippen molar-refractivity contribution in [3.05, 3.63) is 21.9 Å². The van der Waals surface area contributed by atoms with Gasteiger partial charge in [-0.3, -0.25) is 4.79 Å². The summed E-state index contributed by atoms with van der Waals surface area (Å²) in [5.41, 5.74) is 5.36. The molecule has 2 aliphatic rings. The van der Waals surface area contributed by atoms with E-state index in [0.717, 1.165) is 21.6 Å². The minimum atomic E-state index is 0.204. The van der Waals surface area contributed by atoms with Crippen molar-refractivity contribution < 1.29 is 4.79 Å². The third-order valence-electron chi connectivity index (χ3n) is 4.77. The molecule has 3 unspecified atom stereocenters. The van der Waals surface area contributed by atoms with Crippen molar-refractivity contribution in [1.29, 1.82) is 0 Å². The van der Waals surface area contributed by atoms with Gasteiger partial charge in [0.25, 0.3) is 0 Å². The van der Waals surface area contributed by atoms with Gasteiger partial charge in [0.1, 0.15) is 0 Å². The first kappa shape index (κ1) is 14.6. The second-order valence-corrected chi connectivity index (χ2v) is 7.36. The SMILES string of the molecule is NCC#Cc1ccc(CNC(=O)CC2CC3CCC2C3)s1. The first-order chi connectivity index (χ1) is 10.2. The Balaban J connectivity index is 1.44. The smallest absolute Gasteiger partial charge is 0.220 e. The number of fused-ring (bicyclic) bond motifs is 2. The van der Waals surface area contributed by atoms with E-state index < -0.39 is 0 Å². The maximum atomic E-state index is 12.1. The molecule has 3 atom stereocenters. The van der Waals surface area contributed by atoms with E-state index in [1.165, 1.54) is 25.7 Å². The summed E-state index contributed by atoms with van der Waals surface area (Å²) in [6.45, 7) is 1.00. The molecule has 0 saturated heterocycles. The molecule has 1 aromatic rings. The first-order valence-electron chi connectivity index (χ1n) is 7.79. The number of rotatable bonds is 4. The molecule has 1 amide bonds. The Kier molecular flexibility index (Phi) is 4.62. The number of nitrogens with two attached hydrogens (primary N) is 1. The Bertz CT molecular complexity index is 569. The topological polar surface area (TPSA) is 55.1 Å². The number of amides is 1. The Labute approximate surface area is 130 Å². The lowest BCUT2D eigenvalue weighted by atomic mass is 9.86. The molecular weight excluding hydrogens is 280 g/mol. The molecule has 3 nitrogen and oxygen atoms in total. The van der Waals surface area contributed by atoms with Gasteiger partial charge in [0.2, 0.25) is 5.91 Å². The maximum absolute atomic E-state index is 12.1. The van der Waals surface area contributed by atoms with Crippen molar-refractivity contribution in [2.45, 2.75) is 38.6 Å². The van der Waals surface area contributed by atoms with Crippen molar-refractivity contribution in [1.82, 2.24) is 5.32 Å². The standard InChI is InChI=1S/C17H22N2OS/c18-7-1-2-15-5-6-16(21-15)11-19-17(20)10-14-9-12-3-4-13(14)8-12/h5-6,12-14H,3-4,7-11,18H2,(H,19,20). The second kappa shape index (κ2) is 6.64. The van der Waals surface area contributed by atoms with Gasteiger partial charge in [-0.25, -0.2) is 0 Å². The predicted molar refractivity (Wildman–Crippen MR) is 85.7 cm³/mol. The summed E-state index contributed by atoms with van der Waals surface area (Å²) in [4.78, 5) is 14.2. The molecule has 4 heteroatoms. The number of carbonyl (C=O) groups is 1. The van der Waals surface area contributed by atoms with Crippen molar-refractivity contribution in [2.75, 3.05) is 6.54 Å². The summed E-state index contributed by atoms with van der Waals surface area (Å²) >= 11 is 1.63. The summed E-state index contributed by atoms with van der Waals surface area (Å²) in [6.07, 6.45) is 6.09. The summed E-state index contributed by atoms with van der Waals surface area (Å²) in [5.74, 6) is 8.44. The molecule has 112 valence electrons. The summed E-state index contributed by atoms with van der Waals surface area (Å²) < 4.78 is 0. The highest BCUT2D eigenvalue weighted by Crippen LogP contribution is 2.49. The van der Waals surface area contributed by atoms with E-state index in [9.17, 15) is 4.79 Å². The Morgan fingerprint density at radius 2 is 2.29 bits per heavy atom. The minimum absolute atomic E-state index is 0.204. The normalized spacial score (nSPS) is 26.4. The molecule has 3 rings (SSSR count). The lowest BCUT2D eigenvalue weighted by Gasteiger charge is -2.20. The zero-order valence-electron chi connectivity index (χ0n) is 12.2. The molecule has 2 bridgehead atoms. The van der Waals surface area contributed by atoms with Crippen LogP contribution in [0, 0.1) is 29.6 Å². The third kappa shape index (κ3) is 3.66. The van der Waals surface area contributed by atoms with Crippen LogP contribution < -0.4 is 11.1 Å². The van der Waals surface area contributed by atoms with Crippen LogP contribution in [0.4, 0.5) is 0 Å². The fraction of sp³-hybridized carbons (Fsp3) is 0.588. The minimum Gasteiger partial charge on any atom is -0.351 e. The Morgan fingerprint density at radius 3 is 3.00 bits per heavy atom. The van der Waals surface area contributed by atoms with Crippen molar-refractivity contribution in [2.24, 2.45) is 23.5 Å². The van der Waals surface area contributed by atoms with Gasteiger partial charge in [0.15, 0.2) is 0 Å². The van der Waals surface area contributed by atoms with E-state index in [0.29, 0.717) is 25.4 Å². The molecule has 21 heavy (non-hydrogen) atoms. The van der Waals surface area contributed by atoms with E-state index in [1.54, 1.807) is 11.3 Å². The Hall–Kier alpha value is -1.31. The molecule has 0 aromatic carbocycles. The van der Waals surface area contributed by atoms with Gasteiger partial charge in [-0.15, -0.1) is 11.3 Å². The largest absolute Gasteiger partial charge is 0.351 e. The molecule has 2 saturated carbocycles. The highest BCUT2D eigenvalue weighted by Gasteiger charge is 2.39. The van der Waals surface area contributed by atoms with Crippen molar-refractivity contribution >= 4 is 17.2 Å². The molecule has 1 heterocycles. The number of hydrogen-bond acceptors (Lipinski definition) is 3. The van der Waals surface area contributed by atoms with Gasteiger partial charge in [-0.05, 0) is 49.1 Å². The predicted octanol–water partition coefficient (Wildman–Crippen LogP) is 2.50. The molecule has 3 N–H and O–H groups in total. The quantitative estimate of drug-likeness (QED) is 0.840.